The second-order valence-corrected chi connectivity index (χ2v) is 16.0. The summed E-state index contributed by atoms with van der Waals surface area (Å²) in [5, 5.41) is 33.3. The molecule has 3 heteroatoms. The van der Waals surface area contributed by atoms with Crippen molar-refractivity contribution in [3.05, 3.63) is 121 Å². The predicted octanol–water partition coefficient (Wildman–Crippen LogP) is 12.3. The summed E-state index contributed by atoms with van der Waals surface area (Å²) in [7, 11) is 0. The molecule has 0 amide bonds. The maximum absolute atomic E-state index is 11.1. The summed E-state index contributed by atoms with van der Waals surface area (Å²) in [4.78, 5) is 0. The molecular formula is C45H60O3. The standard InChI is InChI=1S/C45H60O3/c1-25(2)37-19-34(20-38(26(3)4)43(37)46)16-31-13-32(17-35-21-39(27(5)6)44(47)40(22-35)28(7)8)15-33(14-31)18-36-23-41(29(9)10)45(48)42(24-36)30(11)12/h13-15,19-30,46-48H,16-18H2,1-12H3. The van der Waals surface area contributed by atoms with Crippen LogP contribution in [0.5, 0.6) is 17.2 Å². The van der Waals surface area contributed by atoms with E-state index < -0.39 is 0 Å². The maximum Gasteiger partial charge on any atom is 0.122 e. The molecule has 0 heterocycles. The summed E-state index contributed by atoms with van der Waals surface area (Å²) in [6, 6.07) is 20.1. The van der Waals surface area contributed by atoms with Gasteiger partial charge in [-0.05, 0) is 122 Å². The van der Waals surface area contributed by atoms with Crippen LogP contribution in [-0.4, -0.2) is 15.3 Å². The first kappa shape index (κ1) is 37.1. The van der Waals surface area contributed by atoms with Gasteiger partial charge in [-0.2, -0.15) is 0 Å². The highest BCUT2D eigenvalue weighted by atomic mass is 16.3. The number of phenolic OH excluding ortho intramolecular Hbond substituents is 3. The third-order valence-electron chi connectivity index (χ3n) is 9.76. The van der Waals surface area contributed by atoms with E-state index in [1.54, 1.807) is 0 Å². The topological polar surface area (TPSA) is 60.7 Å². The largest absolute Gasteiger partial charge is 0.507 e. The van der Waals surface area contributed by atoms with Crippen LogP contribution in [0.15, 0.2) is 54.6 Å². The van der Waals surface area contributed by atoms with E-state index in [2.05, 4.69) is 138 Å². The number of aromatic hydroxyl groups is 3. The third kappa shape index (κ3) is 8.46. The second kappa shape index (κ2) is 15.2. The zero-order chi connectivity index (χ0) is 35.6. The van der Waals surface area contributed by atoms with E-state index in [0.29, 0.717) is 17.2 Å². The lowest BCUT2D eigenvalue weighted by Gasteiger charge is -2.20. The molecule has 0 aliphatic carbocycles. The maximum atomic E-state index is 11.1. The van der Waals surface area contributed by atoms with Gasteiger partial charge in [-0.1, -0.05) is 138 Å². The minimum atomic E-state index is 0.226. The highest BCUT2D eigenvalue weighted by Gasteiger charge is 2.19. The van der Waals surface area contributed by atoms with Crippen LogP contribution in [0.25, 0.3) is 0 Å². The van der Waals surface area contributed by atoms with Crippen molar-refractivity contribution < 1.29 is 15.3 Å². The van der Waals surface area contributed by atoms with Gasteiger partial charge in [0, 0.05) is 0 Å². The molecule has 0 saturated heterocycles. The first-order chi connectivity index (χ1) is 22.5. The normalized spacial score (nSPS) is 12.1. The molecule has 4 aromatic rings. The van der Waals surface area contributed by atoms with Crippen molar-refractivity contribution in [2.75, 3.05) is 0 Å². The highest BCUT2D eigenvalue weighted by molar-refractivity contribution is 5.51. The van der Waals surface area contributed by atoms with Crippen molar-refractivity contribution in [1.29, 1.82) is 0 Å². The van der Waals surface area contributed by atoms with E-state index in [4.69, 9.17) is 0 Å². The summed E-state index contributed by atoms with van der Waals surface area (Å²) >= 11 is 0. The first-order valence-corrected chi connectivity index (χ1v) is 18.1. The SMILES string of the molecule is CC(C)c1cc(Cc2cc(Cc3cc(C(C)C)c(O)c(C(C)C)c3)cc(Cc3cc(C(C)C)c(O)c(C(C)C)c3)c2)cc(C(C)C)c1O. The number of phenols is 3. The fourth-order valence-corrected chi connectivity index (χ4v) is 7.03. The molecule has 3 nitrogen and oxygen atoms in total. The molecule has 48 heavy (non-hydrogen) atoms. The predicted molar refractivity (Wildman–Crippen MR) is 204 cm³/mol. The van der Waals surface area contributed by atoms with Gasteiger partial charge in [0.1, 0.15) is 17.2 Å². The van der Waals surface area contributed by atoms with Crippen molar-refractivity contribution in [3.8, 4) is 17.2 Å². The van der Waals surface area contributed by atoms with Gasteiger partial charge in [0.2, 0.25) is 0 Å². The Bertz CT molecular complexity index is 1430. The summed E-state index contributed by atoms with van der Waals surface area (Å²) in [5.41, 5.74) is 13.4. The number of hydrogen-bond acceptors (Lipinski definition) is 3. The second-order valence-electron chi connectivity index (χ2n) is 16.0. The fourth-order valence-electron chi connectivity index (χ4n) is 7.03. The van der Waals surface area contributed by atoms with Crippen LogP contribution in [0.1, 0.15) is 185 Å². The van der Waals surface area contributed by atoms with Crippen LogP contribution in [0, 0.1) is 0 Å². The average Bonchev–Trinajstić information content (AvgIpc) is 2.98. The Morgan fingerprint density at radius 2 is 0.438 bits per heavy atom. The Hall–Kier alpha value is -3.72. The minimum Gasteiger partial charge on any atom is -0.507 e. The summed E-state index contributed by atoms with van der Waals surface area (Å²) < 4.78 is 0. The number of benzene rings is 4. The fraction of sp³-hybridized carbons (Fsp3) is 0.467. The molecule has 0 radical (unpaired) electrons. The van der Waals surface area contributed by atoms with E-state index in [9.17, 15) is 15.3 Å². The Balaban J connectivity index is 1.86. The zero-order valence-electron chi connectivity index (χ0n) is 31.6. The van der Waals surface area contributed by atoms with Gasteiger partial charge in [-0.3, -0.25) is 0 Å². The Morgan fingerprint density at radius 1 is 0.292 bits per heavy atom. The summed E-state index contributed by atoms with van der Waals surface area (Å²) in [6.45, 7) is 25.7. The van der Waals surface area contributed by atoms with Gasteiger partial charge in [0.25, 0.3) is 0 Å². The monoisotopic (exact) mass is 648 g/mol. The lowest BCUT2D eigenvalue weighted by atomic mass is 9.87. The van der Waals surface area contributed by atoms with Crippen molar-refractivity contribution in [2.24, 2.45) is 0 Å². The smallest absolute Gasteiger partial charge is 0.122 e. The van der Waals surface area contributed by atoms with Crippen LogP contribution in [0.4, 0.5) is 0 Å². The van der Waals surface area contributed by atoms with E-state index >= 15 is 0 Å². The molecule has 0 bridgehead atoms. The van der Waals surface area contributed by atoms with Crippen LogP contribution < -0.4 is 0 Å². The average molecular weight is 649 g/mol. The number of hydrogen-bond donors (Lipinski definition) is 3. The Morgan fingerprint density at radius 3 is 0.583 bits per heavy atom. The van der Waals surface area contributed by atoms with Crippen LogP contribution in [0.2, 0.25) is 0 Å². The lowest BCUT2D eigenvalue weighted by molar-refractivity contribution is 0.453. The van der Waals surface area contributed by atoms with Gasteiger partial charge >= 0.3 is 0 Å². The lowest BCUT2D eigenvalue weighted by Crippen LogP contribution is -2.03. The molecule has 258 valence electrons. The molecule has 0 aromatic heterocycles. The quantitative estimate of drug-likeness (QED) is 0.143. The van der Waals surface area contributed by atoms with Crippen LogP contribution >= 0.6 is 0 Å². The van der Waals surface area contributed by atoms with E-state index in [1.807, 2.05) is 0 Å². The van der Waals surface area contributed by atoms with Gasteiger partial charge in [-0.25, -0.2) is 0 Å². The molecule has 0 aliphatic heterocycles. The first-order valence-electron chi connectivity index (χ1n) is 18.1. The highest BCUT2D eigenvalue weighted by Crippen LogP contribution is 2.38. The molecule has 0 aliphatic rings. The van der Waals surface area contributed by atoms with Gasteiger partial charge in [0.05, 0.1) is 0 Å². The molecule has 0 unspecified atom stereocenters. The molecule has 0 spiro atoms. The van der Waals surface area contributed by atoms with Crippen LogP contribution in [0.3, 0.4) is 0 Å². The zero-order valence-corrected chi connectivity index (χ0v) is 31.6. The van der Waals surface area contributed by atoms with Crippen molar-refractivity contribution >= 4 is 0 Å². The third-order valence-corrected chi connectivity index (χ3v) is 9.76. The van der Waals surface area contributed by atoms with Crippen molar-refractivity contribution in [3.63, 3.8) is 0 Å². The van der Waals surface area contributed by atoms with E-state index in [0.717, 1.165) is 52.6 Å². The van der Waals surface area contributed by atoms with Crippen LogP contribution in [-0.2, 0) is 19.3 Å². The molecular weight excluding hydrogens is 588 g/mol. The van der Waals surface area contributed by atoms with Gasteiger partial charge in [-0.15, -0.1) is 0 Å². The summed E-state index contributed by atoms with van der Waals surface area (Å²) in [5.74, 6) is 2.65. The van der Waals surface area contributed by atoms with Gasteiger partial charge < -0.3 is 15.3 Å². The van der Waals surface area contributed by atoms with E-state index in [1.165, 1.54) is 33.4 Å². The molecule has 4 aromatic carbocycles. The van der Waals surface area contributed by atoms with E-state index in [-0.39, 0.29) is 35.5 Å². The Labute approximate surface area is 291 Å². The molecule has 0 atom stereocenters. The van der Waals surface area contributed by atoms with Crippen molar-refractivity contribution in [2.45, 2.75) is 138 Å². The van der Waals surface area contributed by atoms with Gasteiger partial charge in [0.15, 0.2) is 0 Å². The molecule has 0 fully saturated rings. The Kier molecular flexibility index (Phi) is 11.8. The molecule has 4 rings (SSSR count). The minimum absolute atomic E-state index is 0.226. The molecule has 3 N–H and O–H groups in total. The number of rotatable bonds is 12. The molecule has 0 saturated carbocycles. The van der Waals surface area contributed by atoms with Crippen molar-refractivity contribution in [1.82, 2.24) is 0 Å². The summed E-state index contributed by atoms with van der Waals surface area (Å²) in [6.07, 6.45) is 2.32.